The lowest BCUT2D eigenvalue weighted by Gasteiger charge is -2.12. The van der Waals surface area contributed by atoms with Crippen LogP contribution in [0.2, 0.25) is 0 Å². The highest BCUT2D eigenvalue weighted by Crippen LogP contribution is 2.25. The van der Waals surface area contributed by atoms with Gasteiger partial charge in [-0.1, -0.05) is 29.8 Å². The van der Waals surface area contributed by atoms with Crippen LogP contribution in [0.4, 0.5) is 10.1 Å². The smallest absolute Gasteiger partial charge is 0.266 e. The number of rotatable bonds is 7. The lowest BCUT2D eigenvalue weighted by atomic mass is 10.1. The lowest BCUT2D eigenvalue weighted by Crippen LogP contribution is -2.13. The van der Waals surface area contributed by atoms with Crippen LogP contribution in [0.1, 0.15) is 28.1 Å². The van der Waals surface area contributed by atoms with Gasteiger partial charge in [-0.25, -0.2) is 4.39 Å². The molecule has 3 aromatic carbocycles. The highest BCUT2D eigenvalue weighted by Gasteiger charge is 2.14. The number of ether oxygens (including phenoxy) is 1. The fraction of sp³-hybridized carbons (Fsp3) is 0.133. The molecule has 1 amide bonds. The van der Waals surface area contributed by atoms with Crippen LogP contribution < -0.4 is 10.1 Å². The average Bonchev–Trinajstić information content (AvgIpc) is 3.16. The van der Waals surface area contributed by atoms with Crippen molar-refractivity contribution in [2.45, 2.75) is 27.4 Å². The summed E-state index contributed by atoms with van der Waals surface area (Å²) in [5.74, 6) is -0.0254. The number of hydrogen-bond acceptors (Lipinski definition) is 3. The number of benzene rings is 3. The molecule has 0 bridgehead atoms. The fourth-order valence-electron chi connectivity index (χ4n) is 3.91. The summed E-state index contributed by atoms with van der Waals surface area (Å²) in [4.78, 5) is 12.7. The van der Waals surface area contributed by atoms with Gasteiger partial charge in [-0.2, -0.15) is 5.26 Å². The van der Waals surface area contributed by atoms with E-state index in [9.17, 15) is 14.4 Å². The number of nitriles is 1. The molecule has 0 fully saturated rings. The van der Waals surface area contributed by atoms with Gasteiger partial charge in [0.2, 0.25) is 0 Å². The van der Waals surface area contributed by atoms with Crippen molar-refractivity contribution in [2.24, 2.45) is 0 Å². The van der Waals surface area contributed by atoms with Gasteiger partial charge < -0.3 is 14.6 Å². The van der Waals surface area contributed by atoms with Crippen LogP contribution >= 0.6 is 0 Å². The molecule has 6 heteroatoms. The number of carbonyl (C=O) groups excluding carboxylic acids is 1. The first kappa shape index (κ1) is 24.5. The largest absolute Gasteiger partial charge is 0.489 e. The number of halogens is 1. The number of carbonyl (C=O) groups is 1. The Morgan fingerprint density at radius 2 is 1.67 bits per heavy atom. The van der Waals surface area contributed by atoms with Gasteiger partial charge in [0.05, 0.1) is 0 Å². The number of amides is 1. The molecule has 1 N–H and O–H groups in total. The Hall–Kier alpha value is -4.63. The van der Waals surface area contributed by atoms with Gasteiger partial charge in [0, 0.05) is 22.8 Å². The third-order valence-corrected chi connectivity index (χ3v) is 5.86. The molecule has 0 radical (unpaired) electrons. The van der Waals surface area contributed by atoms with Gasteiger partial charge in [-0.3, -0.25) is 4.79 Å². The van der Waals surface area contributed by atoms with Gasteiger partial charge in [-0.15, -0.1) is 0 Å². The fourth-order valence-corrected chi connectivity index (χ4v) is 3.91. The molecule has 0 unspecified atom stereocenters. The topological polar surface area (TPSA) is 67.0 Å². The minimum absolute atomic E-state index is 0.0281. The summed E-state index contributed by atoms with van der Waals surface area (Å²) in [7, 11) is 0. The number of anilines is 1. The van der Waals surface area contributed by atoms with Crippen LogP contribution in [0, 0.1) is 37.9 Å². The van der Waals surface area contributed by atoms with Crippen molar-refractivity contribution in [1.29, 1.82) is 5.26 Å². The molecule has 0 aliphatic carbocycles. The van der Waals surface area contributed by atoms with E-state index in [-0.39, 0.29) is 11.4 Å². The molecular weight excluding hydrogens is 453 g/mol. The summed E-state index contributed by atoms with van der Waals surface area (Å²) >= 11 is 0. The van der Waals surface area contributed by atoms with Crippen molar-refractivity contribution in [3.8, 4) is 17.5 Å². The van der Waals surface area contributed by atoms with Gasteiger partial charge >= 0.3 is 0 Å². The van der Waals surface area contributed by atoms with Gasteiger partial charge in [0.1, 0.15) is 29.8 Å². The Balaban J connectivity index is 1.50. The molecule has 0 saturated heterocycles. The number of aryl methyl sites for hydroxylation is 2. The molecule has 1 heterocycles. The SMILES string of the molecule is Cc1ccc(NC(=O)/C(C#N)=C/c2cc(C)n(-c3ccc(OCc4ccc(F)cc4)cc3)c2C)cc1. The molecule has 1 aromatic heterocycles. The van der Waals surface area contributed by atoms with Crippen LogP contribution in [0.3, 0.4) is 0 Å². The molecule has 4 rings (SSSR count). The lowest BCUT2D eigenvalue weighted by molar-refractivity contribution is -0.112. The highest BCUT2D eigenvalue weighted by molar-refractivity contribution is 6.09. The maximum atomic E-state index is 13.1. The van der Waals surface area contributed by atoms with Crippen molar-refractivity contribution in [1.82, 2.24) is 4.57 Å². The van der Waals surface area contributed by atoms with E-state index in [0.29, 0.717) is 18.0 Å². The van der Waals surface area contributed by atoms with Gasteiger partial charge in [0.15, 0.2) is 0 Å². The minimum Gasteiger partial charge on any atom is -0.489 e. The van der Waals surface area contributed by atoms with Crippen LogP contribution in [-0.4, -0.2) is 10.5 Å². The number of nitrogens with one attached hydrogen (secondary N) is 1. The Kier molecular flexibility index (Phi) is 7.31. The van der Waals surface area contributed by atoms with E-state index < -0.39 is 5.91 Å². The predicted octanol–water partition coefficient (Wildman–Crippen LogP) is 6.67. The van der Waals surface area contributed by atoms with Crippen molar-refractivity contribution < 1.29 is 13.9 Å². The van der Waals surface area contributed by atoms with E-state index >= 15 is 0 Å². The second-order valence-electron chi connectivity index (χ2n) is 8.56. The summed E-state index contributed by atoms with van der Waals surface area (Å²) in [6, 6.07) is 25.2. The van der Waals surface area contributed by atoms with Crippen LogP contribution in [0.5, 0.6) is 5.75 Å². The Morgan fingerprint density at radius 1 is 1.00 bits per heavy atom. The Bertz CT molecular complexity index is 1440. The predicted molar refractivity (Wildman–Crippen MR) is 139 cm³/mol. The van der Waals surface area contributed by atoms with Crippen molar-refractivity contribution >= 4 is 17.7 Å². The molecule has 36 heavy (non-hydrogen) atoms. The van der Waals surface area contributed by atoms with Gasteiger partial charge in [-0.05, 0) is 92.6 Å². The summed E-state index contributed by atoms with van der Waals surface area (Å²) in [6.07, 6.45) is 1.61. The van der Waals surface area contributed by atoms with Crippen LogP contribution in [0.15, 0.2) is 84.4 Å². The minimum atomic E-state index is -0.450. The van der Waals surface area contributed by atoms with Crippen LogP contribution in [0.25, 0.3) is 11.8 Å². The maximum Gasteiger partial charge on any atom is 0.266 e. The first-order valence-corrected chi connectivity index (χ1v) is 11.5. The molecule has 0 aliphatic heterocycles. The second-order valence-corrected chi connectivity index (χ2v) is 8.56. The molecule has 0 spiro atoms. The molecule has 0 saturated carbocycles. The first-order valence-electron chi connectivity index (χ1n) is 11.5. The third-order valence-electron chi connectivity index (χ3n) is 5.86. The first-order chi connectivity index (χ1) is 17.3. The normalized spacial score (nSPS) is 11.1. The summed E-state index contributed by atoms with van der Waals surface area (Å²) in [5.41, 5.74) is 6.23. The number of nitrogens with zero attached hydrogens (tertiary/aromatic N) is 2. The molecule has 0 aliphatic rings. The number of aromatic nitrogens is 1. The number of hydrogen-bond donors (Lipinski definition) is 1. The quantitative estimate of drug-likeness (QED) is 0.238. The van der Waals surface area contributed by atoms with E-state index in [1.807, 2.05) is 69.3 Å². The van der Waals surface area contributed by atoms with Gasteiger partial charge in [0.25, 0.3) is 5.91 Å². The van der Waals surface area contributed by atoms with E-state index in [1.165, 1.54) is 12.1 Å². The van der Waals surface area contributed by atoms with E-state index in [1.54, 1.807) is 30.3 Å². The van der Waals surface area contributed by atoms with Crippen molar-refractivity contribution in [3.05, 3.63) is 118 Å². The third kappa shape index (κ3) is 5.70. The highest BCUT2D eigenvalue weighted by atomic mass is 19.1. The standard InChI is InChI=1S/C30H26FN3O2/c1-20-4-10-27(11-5-20)33-30(35)25(18-32)17-24-16-21(2)34(22(24)3)28-12-14-29(15-13-28)36-19-23-6-8-26(31)9-7-23/h4-17H,19H2,1-3H3,(H,33,35)/b25-17+. The zero-order valence-electron chi connectivity index (χ0n) is 20.4. The second kappa shape index (κ2) is 10.7. The van der Waals surface area contributed by atoms with Crippen molar-refractivity contribution in [3.63, 3.8) is 0 Å². The van der Waals surface area contributed by atoms with E-state index in [4.69, 9.17) is 4.74 Å². The summed E-state index contributed by atoms with van der Waals surface area (Å²) in [6.45, 7) is 6.24. The maximum absolute atomic E-state index is 13.1. The molecule has 4 aromatic rings. The molecule has 180 valence electrons. The van der Waals surface area contributed by atoms with E-state index in [0.717, 1.165) is 33.8 Å². The monoisotopic (exact) mass is 479 g/mol. The molecule has 0 atom stereocenters. The molecule has 5 nitrogen and oxygen atoms in total. The zero-order valence-corrected chi connectivity index (χ0v) is 20.4. The Labute approximate surface area is 210 Å². The van der Waals surface area contributed by atoms with E-state index in [2.05, 4.69) is 9.88 Å². The van der Waals surface area contributed by atoms with Crippen LogP contribution in [-0.2, 0) is 11.4 Å². The van der Waals surface area contributed by atoms with Crippen molar-refractivity contribution in [2.75, 3.05) is 5.32 Å². The Morgan fingerprint density at radius 3 is 2.31 bits per heavy atom. The summed E-state index contributed by atoms with van der Waals surface area (Å²) < 4.78 is 20.9. The summed E-state index contributed by atoms with van der Waals surface area (Å²) in [5, 5.41) is 12.4. The zero-order chi connectivity index (χ0) is 25.7. The average molecular weight is 480 g/mol. The molecular formula is C30H26FN3O2.